The minimum Gasteiger partial charge on any atom is -0.389 e. The van der Waals surface area contributed by atoms with Crippen LogP contribution in [-0.4, -0.2) is 23.2 Å². The van der Waals surface area contributed by atoms with Gasteiger partial charge in [-0.2, -0.15) is 0 Å². The van der Waals surface area contributed by atoms with Crippen LogP contribution in [0.2, 0.25) is 0 Å². The molecule has 3 heteroatoms. The molecule has 0 aliphatic carbocycles. The zero-order valence-corrected chi connectivity index (χ0v) is 11.7. The maximum Gasteiger partial charge on any atom is 0.128 e. The summed E-state index contributed by atoms with van der Waals surface area (Å²) in [6.45, 7) is 8.56. The van der Waals surface area contributed by atoms with Gasteiger partial charge in [-0.15, -0.1) is 0 Å². The number of aliphatic hydroxyl groups is 1. The Bertz CT molecular complexity index is 382. The van der Waals surface area contributed by atoms with Gasteiger partial charge in [-0.1, -0.05) is 19.9 Å². The molecule has 2 rings (SSSR count). The van der Waals surface area contributed by atoms with Crippen molar-refractivity contribution >= 4 is 5.82 Å². The number of pyridine rings is 1. The van der Waals surface area contributed by atoms with E-state index in [1.807, 2.05) is 12.1 Å². The highest BCUT2D eigenvalue weighted by Gasteiger charge is 2.35. The van der Waals surface area contributed by atoms with Crippen LogP contribution in [0.5, 0.6) is 0 Å². The Labute approximate surface area is 110 Å². The molecule has 0 amide bonds. The number of rotatable bonds is 4. The standard InChI is InChI=1S/C15H24N2O/c1-4-15(5-2)8-9-17(11-15)14-7-6-13(10-16-14)12(3)18/h6-7,10,12,18H,4-5,8-9,11H2,1-3H3. The summed E-state index contributed by atoms with van der Waals surface area (Å²) in [6.07, 6.45) is 5.10. The van der Waals surface area contributed by atoms with Gasteiger partial charge in [-0.25, -0.2) is 4.98 Å². The minimum atomic E-state index is -0.435. The zero-order chi connectivity index (χ0) is 13.2. The Hall–Kier alpha value is -1.09. The predicted octanol–water partition coefficient (Wildman–Crippen LogP) is 3.15. The van der Waals surface area contributed by atoms with E-state index in [1.54, 1.807) is 13.1 Å². The van der Waals surface area contributed by atoms with Crippen LogP contribution in [0.25, 0.3) is 0 Å². The van der Waals surface area contributed by atoms with Crippen LogP contribution in [-0.2, 0) is 0 Å². The molecule has 0 saturated carbocycles. The molecule has 1 aliphatic rings. The summed E-state index contributed by atoms with van der Waals surface area (Å²) in [5.41, 5.74) is 1.36. The molecule has 0 aromatic carbocycles. The molecule has 3 nitrogen and oxygen atoms in total. The summed E-state index contributed by atoms with van der Waals surface area (Å²) in [4.78, 5) is 6.86. The second-order valence-electron chi connectivity index (χ2n) is 5.50. The van der Waals surface area contributed by atoms with E-state index < -0.39 is 6.10 Å². The maximum absolute atomic E-state index is 9.49. The third-order valence-corrected chi connectivity index (χ3v) is 4.52. The zero-order valence-electron chi connectivity index (χ0n) is 11.7. The van der Waals surface area contributed by atoms with Crippen molar-refractivity contribution in [2.75, 3.05) is 18.0 Å². The van der Waals surface area contributed by atoms with E-state index in [-0.39, 0.29) is 0 Å². The smallest absolute Gasteiger partial charge is 0.128 e. The first-order valence-electron chi connectivity index (χ1n) is 6.99. The van der Waals surface area contributed by atoms with Crippen LogP contribution in [0.3, 0.4) is 0 Å². The first-order valence-corrected chi connectivity index (χ1v) is 6.99. The molecule has 18 heavy (non-hydrogen) atoms. The molecule has 1 aromatic rings. The van der Waals surface area contributed by atoms with Crippen LogP contribution >= 0.6 is 0 Å². The van der Waals surface area contributed by atoms with Gasteiger partial charge in [0, 0.05) is 19.3 Å². The van der Waals surface area contributed by atoms with Gasteiger partial charge in [0.05, 0.1) is 6.10 Å². The topological polar surface area (TPSA) is 36.4 Å². The summed E-state index contributed by atoms with van der Waals surface area (Å²) in [6, 6.07) is 4.01. The average Bonchev–Trinajstić information content (AvgIpc) is 2.84. The lowest BCUT2D eigenvalue weighted by atomic mass is 9.82. The fraction of sp³-hybridized carbons (Fsp3) is 0.667. The normalized spacial score (nSPS) is 20.1. The number of hydrogen-bond donors (Lipinski definition) is 1. The molecule has 100 valence electrons. The number of nitrogens with zero attached hydrogens (tertiary/aromatic N) is 2. The second-order valence-corrected chi connectivity index (χ2v) is 5.50. The summed E-state index contributed by atoms with van der Waals surface area (Å²) >= 11 is 0. The van der Waals surface area contributed by atoms with Crippen molar-refractivity contribution in [2.45, 2.75) is 46.1 Å². The van der Waals surface area contributed by atoms with E-state index in [2.05, 4.69) is 23.7 Å². The molecule has 1 unspecified atom stereocenters. The molecule has 1 aliphatic heterocycles. The molecular weight excluding hydrogens is 224 g/mol. The number of aromatic nitrogens is 1. The van der Waals surface area contributed by atoms with E-state index in [4.69, 9.17) is 0 Å². The van der Waals surface area contributed by atoms with Crippen LogP contribution in [0.1, 0.15) is 51.7 Å². The lowest BCUT2D eigenvalue weighted by molar-refractivity contribution is 0.199. The fourth-order valence-corrected chi connectivity index (χ4v) is 2.79. The van der Waals surface area contributed by atoms with E-state index in [0.29, 0.717) is 5.41 Å². The Morgan fingerprint density at radius 3 is 2.56 bits per heavy atom. The predicted molar refractivity (Wildman–Crippen MR) is 74.7 cm³/mol. The monoisotopic (exact) mass is 248 g/mol. The number of anilines is 1. The molecule has 1 atom stereocenters. The van der Waals surface area contributed by atoms with Gasteiger partial charge < -0.3 is 10.0 Å². The second kappa shape index (κ2) is 5.27. The van der Waals surface area contributed by atoms with Crippen LogP contribution in [0.4, 0.5) is 5.82 Å². The van der Waals surface area contributed by atoms with Gasteiger partial charge in [-0.3, -0.25) is 0 Å². The van der Waals surface area contributed by atoms with E-state index in [9.17, 15) is 5.11 Å². The van der Waals surface area contributed by atoms with Crippen molar-refractivity contribution in [2.24, 2.45) is 5.41 Å². The number of hydrogen-bond acceptors (Lipinski definition) is 3. The third kappa shape index (κ3) is 2.51. The summed E-state index contributed by atoms with van der Waals surface area (Å²) < 4.78 is 0. The average molecular weight is 248 g/mol. The summed E-state index contributed by atoms with van der Waals surface area (Å²) in [5.74, 6) is 1.04. The quantitative estimate of drug-likeness (QED) is 0.889. The van der Waals surface area contributed by atoms with E-state index in [0.717, 1.165) is 24.5 Å². The lowest BCUT2D eigenvalue weighted by Gasteiger charge is -2.26. The highest BCUT2D eigenvalue weighted by molar-refractivity contribution is 5.41. The van der Waals surface area contributed by atoms with Gasteiger partial charge in [0.1, 0.15) is 5.82 Å². The van der Waals surface area contributed by atoms with Crippen molar-refractivity contribution in [3.8, 4) is 0 Å². The van der Waals surface area contributed by atoms with Crippen molar-refractivity contribution in [3.63, 3.8) is 0 Å². The highest BCUT2D eigenvalue weighted by Crippen LogP contribution is 2.38. The fourth-order valence-electron chi connectivity index (χ4n) is 2.79. The highest BCUT2D eigenvalue weighted by atomic mass is 16.3. The Balaban J connectivity index is 2.09. The van der Waals surface area contributed by atoms with Gasteiger partial charge in [-0.05, 0) is 43.2 Å². The Kier molecular flexibility index (Phi) is 3.91. The van der Waals surface area contributed by atoms with Crippen molar-refractivity contribution in [3.05, 3.63) is 23.9 Å². The van der Waals surface area contributed by atoms with Gasteiger partial charge in [0.2, 0.25) is 0 Å². The minimum absolute atomic E-state index is 0.435. The maximum atomic E-state index is 9.49. The molecule has 0 bridgehead atoms. The van der Waals surface area contributed by atoms with Crippen molar-refractivity contribution in [1.82, 2.24) is 4.98 Å². The molecule has 1 fully saturated rings. The van der Waals surface area contributed by atoms with Crippen LogP contribution < -0.4 is 4.90 Å². The summed E-state index contributed by atoms with van der Waals surface area (Å²) in [5, 5.41) is 9.49. The van der Waals surface area contributed by atoms with E-state index in [1.165, 1.54) is 19.3 Å². The van der Waals surface area contributed by atoms with Crippen LogP contribution in [0.15, 0.2) is 18.3 Å². The Morgan fingerprint density at radius 2 is 2.11 bits per heavy atom. The SMILES string of the molecule is CCC1(CC)CCN(c2ccc(C(C)O)cn2)C1. The van der Waals surface area contributed by atoms with Gasteiger partial charge in [0.15, 0.2) is 0 Å². The molecule has 2 heterocycles. The third-order valence-electron chi connectivity index (χ3n) is 4.52. The largest absolute Gasteiger partial charge is 0.389 e. The molecule has 1 N–H and O–H groups in total. The molecule has 0 spiro atoms. The molecule has 1 aromatic heterocycles. The van der Waals surface area contributed by atoms with Gasteiger partial charge >= 0.3 is 0 Å². The summed E-state index contributed by atoms with van der Waals surface area (Å²) in [7, 11) is 0. The van der Waals surface area contributed by atoms with Gasteiger partial charge in [0.25, 0.3) is 0 Å². The van der Waals surface area contributed by atoms with Crippen molar-refractivity contribution < 1.29 is 5.11 Å². The van der Waals surface area contributed by atoms with Crippen LogP contribution in [0, 0.1) is 5.41 Å². The molecule has 0 radical (unpaired) electrons. The van der Waals surface area contributed by atoms with Crippen molar-refractivity contribution in [1.29, 1.82) is 0 Å². The molecular formula is C15H24N2O. The first kappa shape index (κ1) is 13.3. The lowest BCUT2D eigenvalue weighted by Crippen LogP contribution is -2.26. The number of aliphatic hydroxyl groups excluding tert-OH is 1. The molecule has 1 saturated heterocycles. The Morgan fingerprint density at radius 1 is 1.39 bits per heavy atom. The van der Waals surface area contributed by atoms with E-state index >= 15 is 0 Å². The first-order chi connectivity index (χ1) is 8.60.